The lowest BCUT2D eigenvalue weighted by atomic mass is 9.81. The highest BCUT2D eigenvalue weighted by atomic mass is 15.1. The lowest BCUT2D eigenvalue weighted by Crippen LogP contribution is -2.25. The number of hydrogen-bond donors (Lipinski definition) is 1. The SMILES string of the molecule is CC1CCCC(CCn2c(C(C)C)nc3c2CCNC3)C1. The van der Waals surface area contributed by atoms with Gasteiger partial charge in [-0.15, -0.1) is 0 Å². The van der Waals surface area contributed by atoms with Gasteiger partial charge < -0.3 is 9.88 Å². The maximum atomic E-state index is 4.93. The van der Waals surface area contributed by atoms with Gasteiger partial charge >= 0.3 is 0 Å². The summed E-state index contributed by atoms with van der Waals surface area (Å²) in [7, 11) is 0. The van der Waals surface area contributed by atoms with Gasteiger partial charge in [0.25, 0.3) is 0 Å². The van der Waals surface area contributed by atoms with Gasteiger partial charge in [-0.2, -0.15) is 0 Å². The second-order valence-corrected chi connectivity index (χ2v) is 7.52. The third kappa shape index (κ3) is 3.33. The average Bonchev–Trinajstić information content (AvgIpc) is 2.84. The van der Waals surface area contributed by atoms with Gasteiger partial charge in [0, 0.05) is 37.7 Å². The molecule has 1 aromatic rings. The second-order valence-electron chi connectivity index (χ2n) is 7.52. The van der Waals surface area contributed by atoms with Crippen LogP contribution in [0.2, 0.25) is 0 Å². The molecule has 1 N–H and O–H groups in total. The van der Waals surface area contributed by atoms with Crippen molar-refractivity contribution in [2.75, 3.05) is 6.54 Å². The van der Waals surface area contributed by atoms with Gasteiger partial charge in [-0.05, 0) is 24.7 Å². The molecule has 0 saturated heterocycles. The highest BCUT2D eigenvalue weighted by molar-refractivity contribution is 5.21. The Morgan fingerprint density at radius 1 is 1.33 bits per heavy atom. The molecular weight excluding hydrogens is 258 g/mol. The molecular formula is C18H31N3. The van der Waals surface area contributed by atoms with Crippen molar-refractivity contribution < 1.29 is 0 Å². The van der Waals surface area contributed by atoms with Gasteiger partial charge in [-0.3, -0.25) is 0 Å². The molecule has 1 aliphatic heterocycles. The summed E-state index contributed by atoms with van der Waals surface area (Å²) in [5.41, 5.74) is 2.82. The first-order valence-corrected chi connectivity index (χ1v) is 8.94. The summed E-state index contributed by atoms with van der Waals surface area (Å²) in [4.78, 5) is 4.93. The van der Waals surface area contributed by atoms with Crippen LogP contribution in [0.3, 0.4) is 0 Å². The normalized spacial score (nSPS) is 26.1. The van der Waals surface area contributed by atoms with Gasteiger partial charge in [-0.1, -0.05) is 40.0 Å². The first-order valence-electron chi connectivity index (χ1n) is 8.94. The monoisotopic (exact) mass is 289 g/mol. The molecule has 0 spiro atoms. The van der Waals surface area contributed by atoms with E-state index in [2.05, 4.69) is 30.7 Å². The number of fused-ring (bicyclic) bond motifs is 1. The van der Waals surface area contributed by atoms with Gasteiger partial charge in [0.2, 0.25) is 0 Å². The number of nitrogens with one attached hydrogen (secondary N) is 1. The van der Waals surface area contributed by atoms with E-state index >= 15 is 0 Å². The number of nitrogens with zero attached hydrogens (tertiary/aromatic N) is 2. The van der Waals surface area contributed by atoms with Crippen LogP contribution >= 0.6 is 0 Å². The number of rotatable bonds is 4. The molecule has 0 bridgehead atoms. The first kappa shape index (κ1) is 15.1. The largest absolute Gasteiger partial charge is 0.331 e. The van der Waals surface area contributed by atoms with Crippen molar-refractivity contribution >= 4 is 0 Å². The molecule has 3 rings (SSSR count). The molecule has 2 aliphatic rings. The van der Waals surface area contributed by atoms with Gasteiger partial charge in [0.1, 0.15) is 5.82 Å². The van der Waals surface area contributed by atoms with Crippen molar-refractivity contribution in [2.45, 2.75) is 78.3 Å². The third-order valence-electron chi connectivity index (χ3n) is 5.34. The minimum Gasteiger partial charge on any atom is -0.331 e. The van der Waals surface area contributed by atoms with Crippen molar-refractivity contribution in [1.82, 2.24) is 14.9 Å². The molecule has 21 heavy (non-hydrogen) atoms. The molecule has 0 aromatic carbocycles. The Morgan fingerprint density at radius 3 is 2.95 bits per heavy atom. The highest BCUT2D eigenvalue weighted by Crippen LogP contribution is 2.32. The molecule has 0 amide bonds. The zero-order chi connectivity index (χ0) is 14.8. The molecule has 118 valence electrons. The van der Waals surface area contributed by atoms with E-state index in [4.69, 9.17) is 4.98 Å². The number of hydrogen-bond acceptors (Lipinski definition) is 2. The minimum atomic E-state index is 0.529. The quantitative estimate of drug-likeness (QED) is 0.912. The Morgan fingerprint density at radius 2 is 2.19 bits per heavy atom. The molecule has 2 unspecified atom stereocenters. The summed E-state index contributed by atoms with van der Waals surface area (Å²) < 4.78 is 2.57. The van der Waals surface area contributed by atoms with Crippen LogP contribution in [0.1, 0.15) is 76.0 Å². The van der Waals surface area contributed by atoms with Gasteiger partial charge in [0.15, 0.2) is 0 Å². The van der Waals surface area contributed by atoms with Gasteiger partial charge in [0.05, 0.1) is 5.69 Å². The van der Waals surface area contributed by atoms with Crippen molar-refractivity contribution in [3.05, 3.63) is 17.2 Å². The van der Waals surface area contributed by atoms with Crippen LogP contribution in [0.15, 0.2) is 0 Å². The topological polar surface area (TPSA) is 29.9 Å². The van der Waals surface area contributed by atoms with Crippen LogP contribution in [0.4, 0.5) is 0 Å². The fourth-order valence-electron chi connectivity index (χ4n) is 4.22. The minimum absolute atomic E-state index is 0.529. The van der Waals surface area contributed by atoms with Crippen LogP contribution in [-0.2, 0) is 19.5 Å². The van der Waals surface area contributed by atoms with Crippen LogP contribution in [0, 0.1) is 11.8 Å². The van der Waals surface area contributed by atoms with E-state index in [1.807, 2.05) is 0 Å². The van der Waals surface area contributed by atoms with E-state index in [0.29, 0.717) is 5.92 Å². The Kier molecular flexibility index (Phi) is 4.68. The third-order valence-corrected chi connectivity index (χ3v) is 5.34. The predicted octanol–water partition coefficient (Wildman–Crippen LogP) is 3.87. The zero-order valence-electron chi connectivity index (χ0n) is 14.0. The summed E-state index contributed by atoms with van der Waals surface area (Å²) in [5, 5.41) is 3.46. The molecule has 3 heteroatoms. The molecule has 1 fully saturated rings. The van der Waals surface area contributed by atoms with E-state index in [1.54, 1.807) is 0 Å². The van der Waals surface area contributed by atoms with E-state index in [1.165, 1.54) is 55.9 Å². The standard InChI is InChI=1S/C18H31N3/c1-13(2)18-20-16-12-19-9-7-17(16)21(18)10-8-15-6-4-5-14(3)11-15/h13-15,19H,4-12H2,1-3H3. The first-order chi connectivity index (χ1) is 10.1. The van der Waals surface area contributed by atoms with Crippen molar-refractivity contribution in [1.29, 1.82) is 0 Å². The second kappa shape index (κ2) is 6.51. The molecule has 0 radical (unpaired) electrons. The molecule has 1 aromatic heterocycles. The predicted molar refractivity (Wildman–Crippen MR) is 87.5 cm³/mol. The Labute approximate surface area is 129 Å². The molecule has 3 nitrogen and oxygen atoms in total. The summed E-state index contributed by atoms with van der Waals surface area (Å²) in [6.45, 7) is 10.2. The van der Waals surface area contributed by atoms with Crippen molar-refractivity contribution in [3.8, 4) is 0 Å². The van der Waals surface area contributed by atoms with Crippen LogP contribution in [0.25, 0.3) is 0 Å². The van der Waals surface area contributed by atoms with Gasteiger partial charge in [-0.25, -0.2) is 4.98 Å². The molecule has 2 heterocycles. The number of aromatic nitrogens is 2. The van der Waals surface area contributed by atoms with E-state index in [9.17, 15) is 0 Å². The smallest absolute Gasteiger partial charge is 0.111 e. The lowest BCUT2D eigenvalue weighted by Gasteiger charge is -2.27. The van der Waals surface area contributed by atoms with Crippen LogP contribution in [-0.4, -0.2) is 16.1 Å². The summed E-state index contributed by atoms with van der Waals surface area (Å²) in [6, 6.07) is 0. The lowest BCUT2D eigenvalue weighted by molar-refractivity contribution is 0.259. The average molecular weight is 289 g/mol. The Bertz CT molecular complexity index is 475. The number of imidazole rings is 1. The van der Waals surface area contributed by atoms with E-state index in [0.717, 1.165) is 31.3 Å². The molecule has 1 aliphatic carbocycles. The van der Waals surface area contributed by atoms with Crippen molar-refractivity contribution in [3.63, 3.8) is 0 Å². The summed E-state index contributed by atoms with van der Waals surface area (Å²) in [5.74, 6) is 3.72. The Hall–Kier alpha value is -0.830. The summed E-state index contributed by atoms with van der Waals surface area (Å²) in [6.07, 6.45) is 8.26. The highest BCUT2D eigenvalue weighted by Gasteiger charge is 2.23. The Balaban J connectivity index is 1.73. The van der Waals surface area contributed by atoms with E-state index in [-0.39, 0.29) is 0 Å². The molecule has 2 atom stereocenters. The van der Waals surface area contributed by atoms with Crippen LogP contribution in [0.5, 0.6) is 0 Å². The maximum absolute atomic E-state index is 4.93. The van der Waals surface area contributed by atoms with Crippen LogP contribution < -0.4 is 5.32 Å². The zero-order valence-corrected chi connectivity index (χ0v) is 14.0. The summed E-state index contributed by atoms with van der Waals surface area (Å²) >= 11 is 0. The fourth-order valence-corrected chi connectivity index (χ4v) is 4.22. The molecule has 1 saturated carbocycles. The van der Waals surface area contributed by atoms with Crippen molar-refractivity contribution in [2.24, 2.45) is 11.8 Å². The fraction of sp³-hybridized carbons (Fsp3) is 0.833. The van der Waals surface area contributed by atoms with E-state index < -0.39 is 0 Å². The maximum Gasteiger partial charge on any atom is 0.111 e.